The van der Waals surface area contributed by atoms with Gasteiger partial charge in [-0.25, -0.2) is 14.8 Å². The van der Waals surface area contributed by atoms with E-state index in [1.165, 1.54) is 0 Å². The zero-order valence-corrected chi connectivity index (χ0v) is 21.5. The Morgan fingerprint density at radius 2 is 2.00 bits per heavy atom. The van der Waals surface area contributed by atoms with Crippen molar-refractivity contribution in [1.82, 2.24) is 14.5 Å². The number of imidazole rings is 1. The van der Waals surface area contributed by atoms with Crippen molar-refractivity contribution in [2.24, 2.45) is 0 Å². The number of anilines is 1. The van der Waals surface area contributed by atoms with Crippen molar-refractivity contribution < 1.29 is 19.4 Å². The molecule has 1 aromatic carbocycles. The summed E-state index contributed by atoms with van der Waals surface area (Å²) in [6, 6.07) is 7.69. The molecule has 1 atom stereocenters. The van der Waals surface area contributed by atoms with E-state index in [4.69, 9.17) is 14.5 Å². The number of carbonyl (C=O) groups excluding carboxylic acids is 1. The van der Waals surface area contributed by atoms with Crippen LogP contribution in [0.1, 0.15) is 66.1 Å². The molecule has 2 heterocycles. The monoisotopic (exact) mass is 482 g/mol. The summed E-state index contributed by atoms with van der Waals surface area (Å²) in [6.45, 7) is 10.7. The van der Waals surface area contributed by atoms with Gasteiger partial charge < -0.3 is 19.1 Å². The number of carbonyl (C=O) groups is 1. The average Bonchev–Trinajstić information content (AvgIpc) is 3.16. The quantitative estimate of drug-likeness (QED) is 0.244. The van der Waals surface area contributed by atoms with Crippen LogP contribution >= 0.6 is 0 Å². The van der Waals surface area contributed by atoms with Crippen LogP contribution in [0.2, 0.25) is 0 Å². The number of aliphatic hydroxyl groups is 1. The first-order chi connectivity index (χ1) is 16.8. The molecule has 0 fully saturated rings. The van der Waals surface area contributed by atoms with Gasteiger partial charge >= 0.3 is 6.09 Å². The Kier molecular flexibility index (Phi) is 9.23. The molecule has 1 unspecified atom stereocenters. The van der Waals surface area contributed by atoms with Gasteiger partial charge in [0.25, 0.3) is 0 Å². The molecular formula is C27H38N4O4. The molecule has 8 heteroatoms. The first-order valence-corrected chi connectivity index (χ1v) is 12.5. The lowest BCUT2D eigenvalue weighted by molar-refractivity contribution is 0.0582. The number of hydrogen-bond acceptors (Lipinski definition) is 6. The van der Waals surface area contributed by atoms with E-state index < -0.39 is 11.7 Å². The van der Waals surface area contributed by atoms with Crippen molar-refractivity contribution in [3.8, 4) is 0 Å². The predicted molar refractivity (Wildman–Crippen MR) is 140 cm³/mol. The number of ether oxygens (including phenoxy) is 2. The van der Waals surface area contributed by atoms with Crippen molar-refractivity contribution in [1.29, 1.82) is 0 Å². The van der Waals surface area contributed by atoms with Gasteiger partial charge in [0, 0.05) is 12.0 Å². The standard InChI is InChI=1S/C27H38N4O4/c1-6-9-10-11-14-19(7-2)35-26(32)30-25-23-24(20-15-12-13-16-21(20)28-25)31(18-27(4,5)33)22(29-23)17-34-8-3/h11-16,19,33H,6-10,17-18H2,1-5H3,(H,28,30,32)/b14-11+. The highest BCUT2D eigenvalue weighted by Gasteiger charge is 2.24. The number of benzene rings is 1. The largest absolute Gasteiger partial charge is 0.442 e. The summed E-state index contributed by atoms with van der Waals surface area (Å²) >= 11 is 0. The molecule has 1 amide bonds. The lowest BCUT2D eigenvalue weighted by atomic mass is 10.1. The maximum absolute atomic E-state index is 12.8. The molecule has 0 aliphatic carbocycles. The van der Waals surface area contributed by atoms with Gasteiger partial charge in [-0.3, -0.25) is 5.32 Å². The van der Waals surface area contributed by atoms with Gasteiger partial charge in [0.15, 0.2) is 5.82 Å². The van der Waals surface area contributed by atoms with Crippen molar-refractivity contribution >= 4 is 33.8 Å². The fourth-order valence-corrected chi connectivity index (χ4v) is 3.92. The fraction of sp³-hybridized carbons (Fsp3) is 0.519. The predicted octanol–water partition coefficient (Wildman–Crippen LogP) is 5.97. The normalized spacial score (nSPS) is 13.1. The molecular weight excluding hydrogens is 444 g/mol. The van der Waals surface area contributed by atoms with E-state index >= 15 is 0 Å². The summed E-state index contributed by atoms with van der Waals surface area (Å²) in [5, 5.41) is 14.3. The van der Waals surface area contributed by atoms with E-state index in [2.05, 4.69) is 23.3 Å². The number of unbranched alkanes of at least 4 members (excludes halogenated alkanes) is 2. The zero-order chi connectivity index (χ0) is 25.4. The van der Waals surface area contributed by atoms with Gasteiger partial charge in [-0.1, -0.05) is 51.0 Å². The van der Waals surface area contributed by atoms with Crippen LogP contribution in [0.15, 0.2) is 36.4 Å². The van der Waals surface area contributed by atoms with Gasteiger partial charge in [0.2, 0.25) is 0 Å². The van der Waals surface area contributed by atoms with Crippen molar-refractivity contribution in [3.63, 3.8) is 0 Å². The molecule has 0 radical (unpaired) electrons. The van der Waals surface area contributed by atoms with Crippen LogP contribution in [0.3, 0.4) is 0 Å². The van der Waals surface area contributed by atoms with Gasteiger partial charge in [0.05, 0.1) is 23.2 Å². The molecule has 3 rings (SSSR count). The molecule has 8 nitrogen and oxygen atoms in total. The number of aromatic nitrogens is 3. The van der Waals surface area contributed by atoms with Gasteiger partial charge in [-0.15, -0.1) is 0 Å². The van der Waals surface area contributed by atoms with Crippen LogP contribution in [-0.2, 0) is 22.6 Å². The van der Waals surface area contributed by atoms with E-state index in [0.717, 1.165) is 30.2 Å². The smallest absolute Gasteiger partial charge is 0.413 e. The minimum absolute atomic E-state index is 0.278. The maximum atomic E-state index is 12.8. The molecule has 0 aliphatic heterocycles. The second-order valence-electron chi connectivity index (χ2n) is 9.29. The number of hydrogen-bond donors (Lipinski definition) is 2. The Morgan fingerprint density at radius 1 is 1.23 bits per heavy atom. The SMILES string of the molecule is CCCC/C=C/C(CC)OC(=O)Nc1nc2ccccc2c2c1nc(COCC)n2CC(C)(C)O. The third kappa shape index (κ3) is 7.02. The molecule has 0 bridgehead atoms. The number of pyridine rings is 1. The number of rotatable bonds is 12. The summed E-state index contributed by atoms with van der Waals surface area (Å²) in [5.74, 6) is 0.976. The number of para-hydroxylation sites is 1. The molecule has 190 valence electrons. The lowest BCUT2D eigenvalue weighted by Gasteiger charge is -2.21. The van der Waals surface area contributed by atoms with E-state index in [0.29, 0.717) is 42.2 Å². The maximum Gasteiger partial charge on any atom is 0.413 e. The minimum Gasteiger partial charge on any atom is -0.442 e. The lowest BCUT2D eigenvalue weighted by Crippen LogP contribution is -2.27. The third-order valence-electron chi connectivity index (χ3n) is 5.60. The number of amides is 1. The molecule has 2 N–H and O–H groups in total. The number of fused-ring (bicyclic) bond motifs is 3. The highest BCUT2D eigenvalue weighted by molar-refractivity contribution is 6.09. The topological polar surface area (TPSA) is 98.5 Å². The first kappa shape index (κ1) is 26.6. The fourth-order valence-electron chi connectivity index (χ4n) is 3.92. The van der Waals surface area contributed by atoms with E-state index in [1.807, 2.05) is 48.8 Å². The van der Waals surface area contributed by atoms with E-state index in [9.17, 15) is 9.90 Å². The third-order valence-corrected chi connectivity index (χ3v) is 5.60. The van der Waals surface area contributed by atoms with E-state index in [1.54, 1.807) is 13.8 Å². The van der Waals surface area contributed by atoms with Gasteiger partial charge in [-0.05, 0) is 45.8 Å². The molecule has 0 aliphatic rings. The van der Waals surface area contributed by atoms with Gasteiger partial charge in [0.1, 0.15) is 24.1 Å². The zero-order valence-electron chi connectivity index (χ0n) is 21.5. The average molecular weight is 483 g/mol. The molecule has 0 saturated heterocycles. The summed E-state index contributed by atoms with van der Waals surface area (Å²) in [5.41, 5.74) is 1.05. The number of nitrogens with one attached hydrogen (secondary N) is 1. The molecule has 0 saturated carbocycles. The summed E-state index contributed by atoms with van der Waals surface area (Å²) in [6.07, 6.45) is 6.98. The van der Waals surface area contributed by atoms with Crippen molar-refractivity contribution in [2.45, 2.75) is 85.2 Å². The molecule has 0 spiro atoms. The van der Waals surface area contributed by atoms with Crippen LogP contribution < -0.4 is 5.32 Å². The Bertz CT molecular complexity index is 1160. The Balaban J connectivity index is 2.01. The van der Waals surface area contributed by atoms with Gasteiger partial charge in [-0.2, -0.15) is 0 Å². The number of allylic oxidation sites excluding steroid dienone is 1. The summed E-state index contributed by atoms with van der Waals surface area (Å²) in [7, 11) is 0. The highest BCUT2D eigenvalue weighted by atomic mass is 16.6. The van der Waals surface area contributed by atoms with Crippen molar-refractivity contribution in [3.05, 3.63) is 42.2 Å². The molecule has 3 aromatic rings. The Hall–Kier alpha value is -2.97. The van der Waals surface area contributed by atoms with E-state index in [-0.39, 0.29) is 12.7 Å². The minimum atomic E-state index is -0.982. The first-order valence-electron chi connectivity index (χ1n) is 12.5. The van der Waals surface area contributed by atoms with Crippen LogP contribution in [0, 0.1) is 0 Å². The number of nitrogens with zero attached hydrogens (tertiary/aromatic N) is 3. The second-order valence-corrected chi connectivity index (χ2v) is 9.29. The van der Waals surface area contributed by atoms with Crippen LogP contribution in [0.25, 0.3) is 21.9 Å². The molecule has 2 aromatic heterocycles. The Labute approximate surface area is 207 Å². The highest BCUT2D eigenvalue weighted by Crippen LogP contribution is 2.31. The molecule has 35 heavy (non-hydrogen) atoms. The summed E-state index contributed by atoms with van der Waals surface area (Å²) < 4.78 is 13.3. The van der Waals surface area contributed by atoms with Crippen LogP contribution in [-0.4, -0.2) is 44.0 Å². The second kappa shape index (κ2) is 12.1. The Morgan fingerprint density at radius 3 is 2.69 bits per heavy atom. The summed E-state index contributed by atoms with van der Waals surface area (Å²) in [4.78, 5) is 22.3. The van der Waals surface area contributed by atoms with Crippen LogP contribution in [0.4, 0.5) is 10.6 Å². The van der Waals surface area contributed by atoms with Crippen LogP contribution in [0.5, 0.6) is 0 Å². The van der Waals surface area contributed by atoms with Crippen molar-refractivity contribution in [2.75, 3.05) is 11.9 Å².